The minimum Gasteiger partial charge on any atom is -0.507 e. The fourth-order valence-electron chi connectivity index (χ4n) is 1.48. The molecule has 1 aromatic rings. The molecule has 1 rings (SSSR count). The Morgan fingerprint density at radius 1 is 1.50 bits per heavy atom. The zero-order chi connectivity index (χ0) is 10.7. The van der Waals surface area contributed by atoms with Crippen LogP contribution in [0.3, 0.4) is 0 Å². The number of phenols is 1. The Morgan fingerprint density at radius 3 is 2.64 bits per heavy atom. The van der Waals surface area contributed by atoms with E-state index in [0.717, 1.165) is 22.0 Å². The third-order valence-corrected chi connectivity index (χ3v) is 3.46. The second kappa shape index (κ2) is 4.80. The van der Waals surface area contributed by atoms with Crippen molar-refractivity contribution in [2.45, 2.75) is 26.2 Å². The second-order valence-electron chi connectivity index (χ2n) is 3.65. The van der Waals surface area contributed by atoms with Crippen molar-refractivity contribution in [3.63, 3.8) is 0 Å². The van der Waals surface area contributed by atoms with Gasteiger partial charge >= 0.3 is 0 Å². The van der Waals surface area contributed by atoms with Crippen LogP contribution in [0.15, 0.2) is 16.6 Å². The van der Waals surface area contributed by atoms with Gasteiger partial charge in [-0.3, -0.25) is 0 Å². The van der Waals surface area contributed by atoms with Gasteiger partial charge in [-0.1, -0.05) is 13.0 Å². The molecule has 3 N–H and O–H groups in total. The molecule has 0 fully saturated rings. The largest absolute Gasteiger partial charge is 0.507 e. The molecule has 0 aliphatic heterocycles. The number of aromatic hydroxyl groups is 1. The molecule has 1 aromatic carbocycles. The van der Waals surface area contributed by atoms with Crippen molar-refractivity contribution < 1.29 is 5.11 Å². The van der Waals surface area contributed by atoms with Crippen LogP contribution in [0, 0.1) is 6.92 Å². The first-order chi connectivity index (χ1) is 6.56. The van der Waals surface area contributed by atoms with E-state index in [-0.39, 0.29) is 0 Å². The van der Waals surface area contributed by atoms with Gasteiger partial charge in [0.25, 0.3) is 0 Å². The third kappa shape index (κ3) is 2.49. The second-order valence-corrected chi connectivity index (χ2v) is 4.44. The molecule has 14 heavy (non-hydrogen) atoms. The van der Waals surface area contributed by atoms with Gasteiger partial charge in [-0.15, -0.1) is 0 Å². The van der Waals surface area contributed by atoms with Crippen LogP contribution in [0.5, 0.6) is 5.75 Å². The number of hydrogen-bond donors (Lipinski definition) is 2. The minimum atomic E-state index is 0.309. The Kier molecular flexibility index (Phi) is 3.96. The van der Waals surface area contributed by atoms with Crippen molar-refractivity contribution in [2.24, 2.45) is 5.73 Å². The average Bonchev–Trinajstić information content (AvgIpc) is 2.13. The normalized spacial score (nSPS) is 12.9. The van der Waals surface area contributed by atoms with E-state index >= 15 is 0 Å². The summed E-state index contributed by atoms with van der Waals surface area (Å²) in [5.41, 5.74) is 7.71. The number of benzene rings is 1. The average molecular weight is 258 g/mol. The van der Waals surface area contributed by atoms with E-state index in [2.05, 4.69) is 28.9 Å². The highest BCUT2D eigenvalue weighted by atomic mass is 79.9. The fraction of sp³-hybridized carbons (Fsp3) is 0.455. The molecule has 0 heterocycles. The lowest BCUT2D eigenvalue weighted by molar-refractivity contribution is 0.469. The molecule has 0 aromatic heterocycles. The number of halogens is 1. The first-order valence-electron chi connectivity index (χ1n) is 4.75. The molecule has 1 atom stereocenters. The summed E-state index contributed by atoms with van der Waals surface area (Å²) in [6.07, 6.45) is 0.945. The van der Waals surface area contributed by atoms with Crippen LogP contribution >= 0.6 is 15.9 Å². The molecule has 78 valence electrons. The van der Waals surface area contributed by atoms with Crippen LogP contribution in [-0.2, 0) is 0 Å². The van der Waals surface area contributed by atoms with Crippen molar-refractivity contribution in [2.75, 3.05) is 6.54 Å². The third-order valence-electron chi connectivity index (χ3n) is 2.43. The van der Waals surface area contributed by atoms with E-state index in [4.69, 9.17) is 5.73 Å². The van der Waals surface area contributed by atoms with Gasteiger partial charge in [-0.2, -0.15) is 0 Å². The lowest BCUT2D eigenvalue weighted by atomic mass is 9.96. The van der Waals surface area contributed by atoms with E-state index in [9.17, 15) is 5.11 Å². The molecule has 2 nitrogen and oxygen atoms in total. The summed E-state index contributed by atoms with van der Waals surface area (Å²) in [6.45, 7) is 4.77. The van der Waals surface area contributed by atoms with Gasteiger partial charge in [0.2, 0.25) is 0 Å². The summed E-state index contributed by atoms with van der Waals surface area (Å²) >= 11 is 3.33. The Bertz CT molecular complexity index is 302. The number of nitrogens with two attached hydrogens (primary N) is 1. The van der Waals surface area contributed by atoms with Gasteiger partial charge in [0.05, 0.1) is 4.47 Å². The van der Waals surface area contributed by atoms with E-state index in [1.54, 1.807) is 6.07 Å². The maximum Gasteiger partial charge on any atom is 0.130 e. The van der Waals surface area contributed by atoms with Gasteiger partial charge in [0, 0.05) is 0 Å². The molecule has 0 amide bonds. The van der Waals surface area contributed by atoms with Gasteiger partial charge in [-0.25, -0.2) is 0 Å². The fourth-order valence-corrected chi connectivity index (χ4v) is 1.71. The summed E-state index contributed by atoms with van der Waals surface area (Å²) in [6, 6.07) is 3.89. The maximum absolute atomic E-state index is 9.62. The maximum atomic E-state index is 9.62. The standard InChI is InChI=1S/C11H16BrNO/c1-7(3-4-13)9-5-8(2)11(12)10(14)6-9/h5-7,14H,3-4,13H2,1-2H3. The Labute approximate surface area is 93.3 Å². The molecular weight excluding hydrogens is 242 g/mol. The van der Waals surface area contributed by atoms with Crippen LogP contribution in [0.2, 0.25) is 0 Å². The molecule has 0 saturated carbocycles. The van der Waals surface area contributed by atoms with Crippen LogP contribution in [-0.4, -0.2) is 11.7 Å². The Morgan fingerprint density at radius 2 is 2.14 bits per heavy atom. The summed E-state index contributed by atoms with van der Waals surface area (Å²) in [5.74, 6) is 0.710. The lowest BCUT2D eigenvalue weighted by Crippen LogP contribution is -2.04. The predicted molar refractivity (Wildman–Crippen MR) is 62.6 cm³/mol. The molecule has 3 heteroatoms. The van der Waals surface area contributed by atoms with E-state index in [1.165, 1.54) is 0 Å². The number of phenolic OH excluding ortho intramolecular Hbond substituents is 1. The molecule has 0 aliphatic rings. The number of hydrogen-bond acceptors (Lipinski definition) is 2. The van der Waals surface area contributed by atoms with Gasteiger partial charge < -0.3 is 10.8 Å². The topological polar surface area (TPSA) is 46.2 Å². The highest BCUT2D eigenvalue weighted by Crippen LogP contribution is 2.32. The molecular formula is C11H16BrNO. The zero-order valence-corrected chi connectivity index (χ0v) is 10.1. The van der Waals surface area contributed by atoms with Crippen LogP contribution in [0.1, 0.15) is 30.4 Å². The summed E-state index contributed by atoms with van der Waals surface area (Å²) < 4.78 is 0.779. The van der Waals surface area contributed by atoms with Crippen LogP contribution < -0.4 is 5.73 Å². The van der Waals surface area contributed by atoms with Crippen molar-refractivity contribution in [1.29, 1.82) is 0 Å². The molecule has 0 aliphatic carbocycles. The van der Waals surface area contributed by atoms with Gasteiger partial charge in [0.15, 0.2) is 0 Å². The van der Waals surface area contributed by atoms with E-state index < -0.39 is 0 Å². The van der Waals surface area contributed by atoms with Crippen molar-refractivity contribution in [3.05, 3.63) is 27.7 Å². The Balaban J connectivity index is 3.00. The quantitative estimate of drug-likeness (QED) is 0.875. The molecule has 0 spiro atoms. The summed E-state index contributed by atoms with van der Waals surface area (Å²) in [4.78, 5) is 0. The van der Waals surface area contributed by atoms with Crippen molar-refractivity contribution in [3.8, 4) is 5.75 Å². The first kappa shape index (κ1) is 11.5. The van der Waals surface area contributed by atoms with Gasteiger partial charge in [0.1, 0.15) is 5.75 Å². The monoisotopic (exact) mass is 257 g/mol. The van der Waals surface area contributed by atoms with Crippen LogP contribution in [0.4, 0.5) is 0 Å². The molecule has 0 radical (unpaired) electrons. The predicted octanol–water partition coefficient (Wildman–Crippen LogP) is 2.92. The lowest BCUT2D eigenvalue weighted by Gasteiger charge is -2.13. The minimum absolute atomic E-state index is 0.309. The smallest absolute Gasteiger partial charge is 0.130 e. The Hall–Kier alpha value is -0.540. The number of aryl methyl sites for hydroxylation is 1. The highest BCUT2D eigenvalue weighted by molar-refractivity contribution is 9.10. The van der Waals surface area contributed by atoms with Crippen LogP contribution in [0.25, 0.3) is 0 Å². The molecule has 0 bridgehead atoms. The van der Waals surface area contributed by atoms with Crippen molar-refractivity contribution in [1.82, 2.24) is 0 Å². The van der Waals surface area contributed by atoms with Gasteiger partial charge in [-0.05, 0) is 58.9 Å². The van der Waals surface area contributed by atoms with E-state index in [0.29, 0.717) is 18.2 Å². The molecule has 0 saturated heterocycles. The first-order valence-corrected chi connectivity index (χ1v) is 5.54. The number of rotatable bonds is 3. The zero-order valence-electron chi connectivity index (χ0n) is 8.55. The highest BCUT2D eigenvalue weighted by Gasteiger charge is 2.09. The summed E-state index contributed by atoms with van der Waals surface area (Å²) in [7, 11) is 0. The molecule has 1 unspecified atom stereocenters. The van der Waals surface area contributed by atoms with Crippen molar-refractivity contribution >= 4 is 15.9 Å². The van der Waals surface area contributed by atoms with E-state index in [1.807, 2.05) is 6.92 Å². The summed E-state index contributed by atoms with van der Waals surface area (Å²) in [5, 5.41) is 9.62. The SMILES string of the molecule is Cc1cc(C(C)CCN)cc(O)c1Br.